The summed E-state index contributed by atoms with van der Waals surface area (Å²) in [7, 11) is 0. The van der Waals surface area contributed by atoms with Gasteiger partial charge in [-0.2, -0.15) is 0 Å². The van der Waals surface area contributed by atoms with Crippen molar-refractivity contribution < 1.29 is 1.37 Å². The molecule has 0 saturated heterocycles. The van der Waals surface area contributed by atoms with Crippen LogP contribution in [0.3, 0.4) is 0 Å². The zero-order chi connectivity index (χ0) is 19.5. The molecule has 2 heterocycles. The van der Waals surface area contributed by atoms with Gasteiger partial charge in [0.2, 0.25) is 0 Å². The van der Waals surface area contributed by atoms with Gasteiger partial charge in [-0.25, -0.2) is 0 Å². The molecule has 132 valence electrons. The highest BCUT2D eigenvalue weighted by atomic mass is 32.1. The van der Waals surface area contributed by atoms with Crippen molar-refractivity contribution in [3.63, 3.8) is 0 Å². The summed E-state index contributed by atoms with van der Waals surface area (Å²) < 4.78 is 10.9. The predicted molar refractivity (Wildman–Crippen MR) is 119 cm³/mol. The third-order valence-corrected chi connectivity index (χ3v) is 6.43. The first-order chi connectivity index (χ1) is 13.4. The number of benzene rings is 3. The number of hydrogen-bond acceptors (Lipinski definition) is 2. The molecule has 27 heavy (non-hydrogen) atoms. The monoisotopic (exact) mass is 368 g/mol. The van der Waals surface area contributed by atoms with Gasteiger partial charge in [-0.3, -0.25) is 4.98 Å². The summed E-state index contributed by atoms with van der Waals surface area (Å²) in [6, 6.07) is 21.7. The minimum absolute atomic E-state index is 0.638. The van der Waals surface area contributed by atoms with Crippen molar-refractivity contribution >= 4 is 42.3 Å². The van der Waals surface area contributed by atoms with Crippen LogP contribution in [0.25, 0.3) is 42.2 Å². The number of rotatable bonds is 2. The van der Waals surface area contributed by atoms with Crippen LogP contribution in [0.1, 0.15) is 32.2 Å². The number of aryl methyl sites for hydroxylation is 1. The minimum atomic E-state index is -0.638. The van der Waals surface area contributed by atoms with Crippen LogP contribution in [0.5, 0.6) is 0 Å². The third kappa shape index (κ3) is 2.72. The maximum absolute atomic E-state index is 8.36. The van der Waals surface area contributed by atoms with E-state index in [2.05, 4.69) is 66.5 Å². The number of nitrogens with zero attached hydrogens (tertiary/aromatic N) is 1. The average molecular weight is 369 g/mol. The summed E-state index contributed by atoms with van der Waals surface area (Å²) in [5, 5.41) is 5.14. The minimum Gasteiger partial charge on any atom is -0.256 e. The fourth-order valence-electron chi connectivity index (χ4n) is 3.75. The summed E-state index contributed by atoms with van der Waals surface area (Å²) in [5.74, 6) is -0.638. The zero-order valence-corrected chi connectivity index (χ0v) is 16.5. The summed E-state index contributed by atoms with van der Waals surface area (Å²) >= 11 is 1.83. The van der Waals surface area contributed by atoms with Crippen molar-refractivity contribution in [2.45, 2.75) is 26.7 Å². The summed E-state index contributed by atoms with van der Waals surface area (Å²) in [6.45, 7) is 5.97. The van der Waals surface area contributed by atoms with Gasteiger partial charge >= 0.3 is 0 Å². The molecule has 0 aliphatic heterocycles. The molecule has 0 aliphatic rings. The Morgan fingerprint density at radius 2 is 1.81 bits per heavy atom. The van der Waals surface area contributed by atoms with E-state index in [4.69, 9.17) is 1.37 Å². The molecule has 0 amide bonds. The Balaban J connectivity index is 1.79. The van der Waals surface area contributed by atoms with Crippen molar-refractivity contribution in [2.75, 3.05) is 0 Å². The number of pyridine rings is 1. The molecule has 0 spiro atoms. The normalized spacial score (nSPS) is 12.8. The second-order valence-corrected chi connectivity index (χ2v) is 8.47. The molecule has 0 unspecified atom stereocenters. The molecule has 0 saturated carbocycles. The van der Waals surface area contributed by atoms with E-state index in [1.165, 1.54) is 36.5 Å². The quantitative estimate of drug-likeness (QED) is 0.311. The Hall–Kier alpha value is -2.71. The van der Waals surface area contributed by atoms with E-state index in [-0.39, 0.29) is 0 Å². The lowest BCUT2D eigenvalue weighted by molar-refractivity contribution is 0.864. The molecule has 3 aromatic carbocycles. The maximum atomic E-state index is 8.36. The Bertz CT molecular complexity index is 1360. The molecular weight excluding hydrogens is 346 g/mol. The van der Waals surface area contributed by atoms with Crippen molar-refractivity contribution in [3.8, 4) is 11.3 Å². The molecule has 1 nitrogen and oxygen atoms in total. The first-order valence-electron chi connectivity index (χ1n) is 9.73. The van der Waals surface area contributed by atoms with Crippen LogP contribution >= 0.6 is 11.3 Å². The first-order valence-corrected chi connectivity index (χ1v) is 10.0. The molecular formula is C25H21NS. The number of hydrogen-bond donors (Lipinski definition) is 0. The molecule has 2 aromatic heterocycles. The maximum Gasteiger partial charge on any atom is 0.0719 e. The summed E-state index contributed by atoms with van der Waals surface area (Å²) in [6.07, 6.45) is 1.82. The Morgan fingerprint density at radius 3 is 2.67 bits per heavy atom. The standard InChI is InChI=1S/C25H21NS/c1-15(2)17-9-10-26-23(13-17)21-6-4-5-20-22-12-19-11-16(3)7-8-18(19)14-24(22)27-25(20)21/h4-15H,1-3H3/i15D. The van der Waals surface area contributed by atoms with E-state index in [0.717, 1.165) is 16.8 Å². The van der Waals surface area contributed by atoms with E-state index in [9.17, 15) is 0 Å². The fourth-order valence-corrected chi connectivity index (χ4v) is 5.01. The van der Waals surface area contributed by atoms with E-state index in [0.29, 0.717) is 0 Å². The van der Waals surface area contributed by atoms with Crippen LogP contribution in [-0.4, -0.2) is 4.98 Å². The number of aromatic nitrogens is 1. The summed E-state index contributed by atoms with van der Waals surface area (Å²) in [5.41, 5.74) is 4.35. The lowest BCUT2D eigenvalue weighted by atomic mass is 10.00. The molecule has 0 aliphatic carbocycles. The predicted octanol–water partition coefficient (Wildman–Crippen LogP) is 7.70. The zero-order valence-electron chi connectivity index (χ0n) is 16.7. The van der Waals surface area contributed by atoms with E-state index < -0.39 is 5.89 Å². The highest BCUT2D eigenvalue weighted by Crippen LogP contribution is 2.41. The van der Waals surface area contributed by atoms with E-state index in [1.807, 2.05) is 37.4 Å². The Morgan fingerprint density at radius 1 is 0.926 bits per heavy atom. The van der Waals surface area contributed by atoms with Gasteiger partial charge in [-0.1, -0.05) is 55.8 Å². The first kappa shape index (κ1) is 15.4. The van der Waals surface area contributed by atoms with Crippen LogP contribution < -0.4 is 0 Å². The lowest BCUT2D eigenvalue weighted by Crippen LogP contribution is -1.90. The number of fused-ring (bicyclic) bond motifs is 4. The van der Waals surface area contributed by atoms with Crippen LogP contribution in [0.2, 0.25) is 0 Å². The topological polar surface area (TPSA) is 12.9 Å². The molecule has 0 atom stereocenters. The van der Waals surface area contributed by atoms with E-state index >= 15 is 0 Å². The number of thiophene rings is 1. The van der Waals surface area contributed by atoms with Gasteiger partial charge in [0, 0.05) is 33.3 Å². The molecule has 0 bridgehead atoms. The fraction of sp³-hybridized carbons (Fsp3) is 0.160. The molecule has 0 fully saturated rings. The molecule has 2 heteroatoms. The summed E-state index contributed by atoms with van der Waals surface area (Å²) in [4.78, 5) is 4.63. The molecule has 5 rings (SSSR count). The van der Waals surface area contributed by atoms with Crippen LogP contribution in [0.4, 0.5) is 0 Å². The second-order valence-electron chi connectivity index (χ2n) is 7.41. The molecule has 0 radical (unpaired) electrons. The van der Waals surface area contributed by atoms with Gasteiger partial charge in [-0.05, 0) is 53.4 Å². The van der Waals surface area contributed by atoms with Gasteiger partial charge in [0.05, 0.1) is 5.69 Å². The third-order valence-electron chi connectivity index (χ3n) is 5.22. The van der Waals surface area contributed by atoms with Crippen LogP contribution in [-0.2, 0) is 0 Å². The largest absolute Gasteiger partial charge is 0.256 e. The Labute approximate surface area is 164 Å². The SMILES string of the molecule is [2H]C(C)(C)c1ccnc(-c2cccc3c2sc2cc4ccc(C)cc4cc23)c1. The highest BCUT2D eigenvalue weighted by molar-refractivity contribution is 7.26. The van der Waals surface area contributed by atoms with Gasteiger partial charge in [0.15, 0.2) is 0 Å². The van der Waals surface area contributed by atoms with Crippen LogP contribution in [0.15, 0.2) is 66.9 Å². The van der Waals surface area contributed by atoms with Gasteiger partial charge in [0.1, 0.15) is 0 Å². The van der Waals surface area contributed by atoms with Gasteiger partial charge in [-0.15, -0.1) is 11.3 Å². The molecule has 5 aromatic rings. The highest BCUT2D eigenvalue weighted by Gasteiger charge is 2.13. The lowest BCUT2D eigenvalue weighted by Gasteiger charge is -2.08. The van der Waals surface area contributed by atoms with E-state index in [1.54, 1.807) is 0 Å². The van der Waals surface area contributed by atoms with Crippen molar-refractivity contribution in [2.24, 2.45) is 0 Å². The van der Waals surface area contributed by atoms with Gasteiger partial charge in [0.25, 0.3) is 0 Å². The average Bonchev–Trinajstić information content (AvgIpc) is 3.03. The molecule has 0 N–H and O–H groups in total. The van der Waals surface area contributed by atoms with Crippen molar-refractivity contribution in [1.82, 2.24) is 4.98 Å². The second kappa shape index (κ2) is 6.17. The Kier molecular flexibility index (Phi) is 3.51. The van der Waals surface area contributed by atoms with Crippen molar-refractivity contribution in [3.05, 3.63) is 78.0 Å². The van der Waals surface area contributed by atoms with Crippen molar-refractivity contribution in [1.29, 1.82) is 0 Å². The van der Waals surface area contributed by atoms with Gasteiger partial charge < -0.3 is 0 Å². The smallest absolute Gasteiger partial charge is 0.0719 e. The van der Waals surface area contributed by atoms with Crippen LogP contribution in [0, 0.1) is 6.92 Å².